The number of fused-ring (bicyclic) bond motifs is 1. The van der Waals surface area contributed by atoms with Gasteiger partial charge in [-0.15, -0.1) is 0 Å². The minimum atomic E-state index is -1.60. The molecule has 20 heavy (non-hydrogen) atoms. The molecule has 110 valence electrons. The van der Waals surface area contributed by atoms with Gasteiger partial charge in [0.05, 0.1) is 25.3 Å². The first kappa shape index (κ1) is 15.2. The van der Waals surface area contributed by atoms with Crippen molar-refractivity contribution in [3.8, 4) is 11.5 Å². The molecule has 0 saturated heterocycles. The summed E-state index contributed by atoms with van der Waals surface area (Å²) < 4.78 is 21.8. The van der Waals surface area contributed by atoms with Gasteiger partial charge in [-0.05, 0) is 6.07 Å². The van der Waals surface area contributed by atoms with Crippen molar-refractivity contribution in [2.75, 3.05) is 28.4 Å². The summed E-state index contributed by atoms with van der Waals surface area (Å²) in [5.41, 5.74) is 0.539. The highest BCUT2D eigenvalue weighted by Gasteiger charge is 2.54. The second-order valence-corrected chi connectivity index (χ2v) is 4.64. The molecule has 6 nitrogen and oxygen atoms in total. The second-order valence-electron chi connectivity index (χ2n) is 3.92. The number of amides is 1. The molecule has 0 aromatic heterocycles. The van der Waals surface area contributed by atoms with Crippen molar-refractivity contribution in [1.29, 1.82) is 0 Å². The minimum absolute atomic E-state index is 0.201. The maximum absolute atomic E-state index is 12.3. The van der Waals surface area contributed by atoms with E-state index in [-0.39, 0.29) is 16.3 Å². The van der Waals surface area contributed by atoms with E-state index in [4.69, 9.17) is 42.3 Å². The zero-order valence-corrected chi connectivity index (χ0v) is 12.8. The molecule has 0 bridgehead atoms. The molecule has 0 fully saturated rings. The molecule has 0 radical (unpaired) electrons. The van der Waals surface area contributed by atoms with E-state index < -0.39 is 11.8 Å². The molecule has 1 amide bonds. The highest BCUT2D eigenvalue weighted by molar-refractivity contribution is 6.34. The summed E-state index contributed by atoms with van der Waals surface area (Å²) in [6.45, 7) is 0. The van der Waals surface area contributed by atoms with Crippen LogP contribution in [0.15, 0.2) is 6.07 Å². The fraction of sp³-hybridized carbons (Fsp3) is 0.417. The van der Waals surface area contributed by atoms with Gasteiger partial charge in [0.2, 0.25) is 0 Å². The Kier molecular flexibility index (Phi) is 4.02. The van der Waals surface area contributed by atoms with Crippen molar-refractivity contribution in [3.63, 3.8) is 0 Å². The third-order valence-electron chi connectivity index (χ3n) is 3.15. The Hall–Kier alpha value is -1.21. The zero-order chi connectivity index (χ0) is 15.1. The van der Waals surface area contributed by atoms with Gasteiger partial charge in [0.15, 0.2) is 5.75 Å². The first-order valence-electron chi connectivity index (χ1n) is 5.54. The summed E-state index contributed by atoms with van der Waals surface area (Å²) in [6, 6.07) is 1.47. The van der Waals surface area contributed by atoms with Gasteiger partial charge in [0.1, 0.15) is 10.8 Å². The van der Waals surface area contributed by atoms with Crippen LogP contribution in [0.4, 0.5) is 0 Å². The summed E-state index contributed by atoms with van der Waals surface area (Å²) in [4.78, 5) is 12.3. The number of carbonyl (C=O) groups excluding carboxylic acids is 1. The number of methoxy groups -OCH3 is 4. The summed E-state index contributed by atoms with van der Waals surface area (Å²) >= 11 is 12.2. The molecular weight excluding hydrogens is 309 g/mol. The van der Waals surface area contributed by atoms with E-state index in [2.05, 4.69) is 0 Å². The lowest BCUT2D eigenvalue weighted by Crippen LogP contribution is -2.41. The maximum atomic E-state index is 12.3. The average Bonchev–Trinajstić information content (AvgIpc) is 2.68. The Morgan fingerprint density at radius 3 is 2.20 bits per heavy atom. The van der Waals surface area contributed by atoms with Crippen LogP contribution in [0.3, 0.4) is 0 Å². The Morgan fingerprint density at radius 1 is 1.15 bits per heavy atom. The molecule has 1 aromatic rings. The number of ether oxygens (including phenoxy) is 4. The van der Waals surface area contributed by atoms with Gasteiger partial charge in [0.25, 0.3) is 5.91 Å². The summed E-state index contributed by atoms with van der Waals surface area (Å²) in [5.74, 6) is -1.60. The van der Waals surface area contributed by atoms with Gasteiger partial charge in [-0.25, -0.2) is 0 Å². The minimum Gasteiger partial charge on any atom is -0.495 e. The molecule has 1 aliphatic heterocycles. The van der Waals surface area contributed by atoms with E-state index in [0.29, 0.717) is 11.3 Å². The van der Waals surface area contributed by atoms with E-state index in [1.54, 1.807) is 0 Å². The first-order chi connectivity index (χ1) is 9.48. The number of halogens is 2. The van der Waals surface area contributed by atoms with Gasteiger partial charge in [-0.3, -0.25) is 4.79 Å². The quantitative estimate of drug-likeness (QED) is 0.629. The van der Waals surface area contributed by atoms with Crippen LogP contribution in [0.25, 0.3) is 0 Å². The van der Waals surface area contributed by atoms with Gasteiger partial charge >= 0.3 is 5.91 Å². The molecule has 1 aromatic carbocycles. The summed E-state index contributed by atoms with van der Waals surface area (Å²) in [6.07, 6.45) is 0. The highest BCUT2D eigenvalue weighted by atomic mass is 35.5. The number of rotatable bonds is 4. The summed E-state index contributed by atoms with van der Waals surface area (Å²) in [7, 11) is 5.57. The largest absolute Gasteiger partial charge is 0.495 e. The molecule has 0 saturated carbocycles. The van der Waals surface area contributed by atoms with Gasteiger partial charge in [0, 0.05) is 26.0 Å². The van der Waals surface area contributed by atoms with Crippen molar-refractivity contribution in [1.82, 2.24) is 4.42 Å². The van der Waals surface area contributed by atoms with E-state index in [1.807, 2.05) is 0 Å². The van der Waals surface area contributed by atoms with Crippen molar-refractivity contribution in [3.05, 3.63) is 22.2 Å². The van der Waals surface area contributed by atoms with E-state index in [0.717, 1.165) is 4.42 Å². The number of hydrogen-bond donors (Lipinski definition) is 0. The SMILES string of the molecule is COc1cc2c(c(OC)c1Cl)C(OC)(OC)N(Cl)C2=O. The second kappa shape index (κ2) is 5.29. The Balaban J connectivity index is 2.85. The predicted molar refractivity (Wildman–Crippen MR) is 72.3 cm³/mol. The lowest BCUT2D eigenvalue weighted by Gasteiger charge is -2.31. The standard InChI is InChI=1S/C12H13Cl2NO5/c1-17-7-5-6-8(10(18-2)9(7)13)12(19-3,20-4)15(14)11(6)16/h5H,1-4H3. The Bertz CT molecular complexity index is 559. The monoisotopic (exact) mass is 321 g/mol. The van der Waals surface area contributed by atoms with Crippen LogP contribution in [-0.2, 0) is 15.4 Å². The van der Waals surface area contributed by atoms with Crippen molar-refractivity contribution in [2.24, 2.45) is 0 Å². The third-order valence-corrected chi connectivity index (χ3v) is 3.88. The topological polar surface area (TPSA) is 57.2 Å². The molecule has 8 heteroatoms. The lowest BCUT2D eigenvalue weighted by molar-refractivity contribution is -0.262. The fourth-order valence-corrected chi connectivity index (χ4v) is 2.84. The Morgan fingerprint density at radius 2 is 1.75 bits per heavy atom. The zero-order valence-electron chi connectivity index (χ0n) is 11.3. The number of benzene rings is 1. The van der Waals surface area contributed by atoms with Gasteiger partial charge < -0.3 is 18.9 Å². The van der Waals surface area contributed by atoms with Crippen LogP contribution in [0.5, 0.6) is 11.5 Å². The number of carbonyl (C=O) groups is 1. The van der Waals surface area contributed by atoms with Crippen molar-refractivity contribution < 1.29 is 23.7 Å². The molecule has 0 unspecified atom stereocenters. The van der Waals surface area contributed by atoms with Crippen LogP contribution < -0.4 is 9.47 Å². The number of hydrogen-bond acceptors (Lipinski definition) is 5. The highest BCUT2D eigenvalue weighted by Crippen LogP contribution is 2.51. The fourth-order valence-electron chi connectivity index (χ4n) is 2.22. The Labute approximate surface area is 126 Å². The molecule has 1 aliphatic rings. The predicted octanol–water partition coefficient (Wildman–Crippen LogP) is 2.37. The summed E-state index contributed by atoms with van der Waals surface area (Å²) in [5, 5.41) is 0.201. The molecule has 0 N–H and O–H groups in total. The lowest BCUT2D eigenvalue weighted by atomic mass is 10.1. The van der Waals surface area contributed by atoms with Crippen molar-refractivity contribution >= 4 is 29.3 Å². The molecular formula is C12H13Cl2NO5. The number of nitrogens with zero attached hydrogens (tertiary/aromatic N) is 1. The smallest absolute Gasteiger partial charge is 0.300 e. The third kappa shape index (κ3) is 1.76. The molecule has 0 atom stereocenters. The molecule has 1 heterocycles. The molecule has 2 rings (SSSR count). The first-order valence-corrected chi connectivity index (χ1v) is 6.25. The van der Waals surface area contributed by atoms with E-state index in [1.165, 1.54) is 34.5 Å². The molecule has 0 aliphatic carbocycles. The average molecular weight is 322 g/mol. The van der Waals surface area contributed by atoms with E-state index >= 15 is 0 Å². The van der Waals surface area contributed by atoms with Crippen LogP contribution in [-0.4, -0.2) is 38.8 Å². The van der Waals surface area contributed by atoms with Crippen LogP contribution >= 0.6 is 23.4 Å². The maximum Gasteiger partial charge on any atom is 0.300 e. The van der Waals surface area contributed by atoms with E-state index in [9.17, 15) is 4.79 Å². The molecule has 0 spiro atoms. The van der Waals surface area contributed by atoms with Crippen LogP contribution in [0, 0.1) is 0 Å². The van der Waals surface area contributed by atoms with Gasteiger partial charge in [-0.1, -0.05) is 11.6 Å². The van der Waals surface area contributed by atoms with Crippen LogP contribution in [0.1, 0.15) is 15.9 Å². The van der Waals surface area contributed by atoms with Gasteiger partial charge in [-0.2, -0.15) is 4.42 Å². The van der Waals surface area contributed by atoms with Crippen LogP contribution in [0.2, 0.25) is 5.02 Å². The van der Waals surface area contributed by atoms with Crippen molar-refractivity contribution in [2.45, 2.75) is 5.91 Å². The normalized spacial score (nSPS) is 16.3.